The second-order valence-corrected chi connectivity index (χ2v) is 5.55. The molecule has 0 saturated carbocycles. The fourth-order valence-electron chi connectivity index (χ4n) is 1.71. The Labute approximate surface area is 134 Å². The fraction of sp³-hybridized carbons (Fsp3) is 0.0714. The number of nitro groups is 1. The fourth-order valence-corrected chi connectivity index (χ4v) is 2.36. The summed E-state index contributed by atoms with van der Waals surface area (Å²) in [4.78, 5) is 22.4. The third-order valence-corrected chi connectivity index (χ3v) is 4.10. The van der Waals surface area contributed by atoms with Gasteiger partial charge in [0.1, 0.15) is 5.02 Å². The first-order valence-corrected chi connectivity index (χ1v) is 7.07. The number of carbonyl (C=O) groups is 1. The van der Waals surface area contributed by atoms with Gasteiger partial charge >= 0.3 is 0 Å². The van der Waals surface area contributed by atoms with Gasteiger partial charge in [-0.2, -0.15) is 0 Å². The quantitative estimate of drug-likeness (QED) is 0.636. The highest BCUT2D eigenvalue weighted by molar-refractivity contribution is 9.10. The Morgan fingerprint density at radius 1 is 1.33 bits per heavy atom. The molecule has 0 unspecified atom stereocenters. The number of nitro benzene ring substituents is 1. The van der Waals surface area contributed by atoms with Crippen LogP contribution in [0, 0.1) is 17.0 Å². The van der Waals surface area contributed by atoms with Gasteiger partial charge in [-0.1, -0.05) is 39.7 Å². The number of nitrogens with zero attached hydrogens (tertiary/aromatic N) is 1. The number of aryl methyl sites for hydroxylation is 1. The smallest absolute Gasteiger partial charge is 0.288 e. The molecule has 0 bridgehead atoms. The lowest BCUT2D eigenvalue weighted by Crippen LogP contribution is -2.13. The molecule has 0 aliphatic rings. The van der Waals surface area contributed by atoms with Crippen molar-refractivity contribution in [1.29, 1.82) is 0 Å². The summed E-state index contributed by atoms with van der Waals surface area (Å²) in [6.45, 7) is 1.92. The molecule has 0 aromatic heterocycles. The van der Waals surface area contributed by atoms with Crippen LogP contribution in [-0.4, -0.2) is 10.8 Å². The minimum Gasteiger partial charge on any atom is -0.322 e. The lowest BCUT2D eigenvalue weighted by molar-refractivity contribution is -0.384. The first kappa shape index (κ1) is 15.5. The Bertz CT molecular complexity index is 734. The van der Waals surface area contributed by atoms with Crippen LogP contribution < -0.4 is 5.32 Å². The molecule has 0 aliphatic carbocycles. The van der Waals surface area contributed by atoms with Crippen LogP contribution in [0.1, 0.15) is 15.9 Å². The monoisotopic (exact) mass is 368 g/mol. The van der Waals surface area contributed by atoms with Crippen LogP contribution in [-0.2, 0) is 0 Å². The van der Waals surface area contributed by atoms with E-state index >= 15 is 0 Å². The van der Waals surface area contributed by atoms with Crippen molar-refractivity contribution in [3.8, 4) is 0 Å². The van der Waals surface area contributed by atoms with Crippen molar-refractivity contribution in [2.75, 3.05) is 5.32 Å². The van der Waals surface area contributed by atoms with E-state index in [2.05, 4.69) is 21.2 Å². The van der Waals surface area contributed by atoms with Crippen molar-refractivity contribution in [3.05, 3.63) is 67.1 Å². The largest absolute Gasteiger partial charge is 0.322 e. The van der Waals surface area contributed by atoms with Crippen LogP contribution in [0.3, 0.4) is 0 Å². The summed E-state index contributed by atoms with van der Waals surface area (Å²) in [6.07, 6.45) is 0. The van der Waals surface area contributed by atoms with Gasteiger partial charge in [-0.25, -0.2) is 0 Å². The second kappa shape index (κ2) is 6.24. The maximum atomic E-state index is 12.2. The van der Waals surface area contributed by atoms with Crippen LogP contribution in [0.2, 0.25) is 5.02 Å². The molecule has 1 amide bonds. The molecule has 2 aromatic carbocycles. The highest BCUT2D eigenvalue weighted by Gasteiger charge is 2.20. The Hall–Kier alpha value is -1.92. The van der Waals surface area contributed by atoms with E-state index in [-0.39, 0.29) is 16.3 Å². The van der Waals surface area contributed by atoms with E-state index in [1.165, 1.54) is 18.2 Å². The maximum Gasteiger partial charge on any atom is 0.288 e. The van der Waals surface area contributed by atoms with Gasteiger partial charge < -0.3 is 5.32 Å². The predicted octanol–water partition coefficient (Wildman–Crippen LogP) is 4.57. The lowest BCUT2D eigenvalue weighted by Gasteiger charge is -2.08. The zero-order chi connectivity index (χ0) is 15.6. The van der Waals surface area contributed by atoms with Gasteiger partial charge in [-0.05, 0) is 30.7 Å². The molecule has 7 heteroatoms. The van der Waals surface area contributed by atoms with E-state index < -0.39 is 10.8 Å². The number of nitrogens with one attached hydrogen (secondary N) is 1. The average Bonchev–Trinajstić information content (AvgIpc) is 2.42. The molecule has 108 valence electrons. The molecule has 0 saturated heterocycles. The van der Waals surface area contributed by atoms with Gasteiger partial charge in [0, 0.05) is 16.2 Å². The molecule has 0 atom stereocenters. The third kappa shape index (κ3) is 3.40. The predicted molar refractivity (Wildman–Crippen MR) is 84.9 cm³/mol. The molecule has 0 fully saturated rings. The number of anilines is 1. The van der Waals surface area contributed by atoms with Crippen molar-refractivity contribution >= 4 is 44.8 Å². The molecule has 2 rings (SSSR count). The maximum absolute atomic E-state index is 12.2. The van der Waals surface area contributed by atoms with Gasteiger partial charge in [-0.15, -0.1) is 0 Å². The normalized spacial score (nSPS) is 10.2. The topological polar surface area (TPSA) is 72.2 Å². The summed E-state index contributed by atoms with van der Waals surface area (Å²) in [5.41, 5.74) is 1.36. The van der Waals surface area contributed by atoms with E-state index in [4.69, 9.17) is 11.6 Å². The Balaban J connectivity index is 2.30. The summed E-state index contributed by atoms with van der Waals surface area (Å²) in [5.74, 6) is -0.501. The highest BCUT2D eigenvalue weighted by Crippen LogP contribution is 2.28. The minimum atomic E-state index is -0.623. The third-order valence-electron chi connectivity index (χ3n) is 2.85. The van der Waals surface area contributed by atoms with Crippen LogP contribution in [0.4, 0.5) is 11.4 Å². The molecule has 2 aromatic rings. The lowest BCUT2D eigenvalue weighted by atomic mass is 10.1. The van der Waals surface area contributed by atoms with Crippen molar-refractivity contribution in [2.24, 2.45) is 0 Å². The standard InChI is InChI=1S/C14H10BrClN2O3/c1-8-5-6-9(7-11(8)15)17-14(19)10-3-2-4-12(13(10)16)18(20)21/h2-7H,1H3,(H,17,19). The van der Waals surface area contributed by atoms with Crippen LogP contribution in [0.25, 0.3) is 0 Å². The Morgan fingerprint density at radius 3 is 2.67 bits per heavy atom. The summed E-state index contributed by atoms with van der Waals surface area (Å²) in [6, 6.07) is 9.44. The van der Waals surface area contributed by atoms with Gasteiger partial charge in [0.05, 0.1) is 10.5 Å². The molecule has 5 nitrogen and oxygen atoms in total. The first-order valence-electron chi connectivity index (χ1n) is 5.90. The van der Waals surface area contributed by atoms with E-state index in [1.807, 2.05) is 13.0 Å². The van der Waals surface area contributed by atoms with E-state index in [1.54, 1.807) is 12.1 Å². The van der Waals surface area contributed by atoms with E-state index in [0.717, 1.165) is 10.0 Å². The molecule has 1 N–H and O–H groups in total. The first-order chi connectivity index (χ1) is 9.90. The van der Waals surface area contributed by atoms with E-state index in [9.17, 15) is 14.9 Å². The van der Waals surface area contributed by atoms with Crippen LogP contribution >= 0.6 is 27.5 Å². The summed E-state index contributed by atoms with van der Waals surface area (Å²) in [5, 5.41) is 13.3. The average molecular weight is 370 g/mol. The number of amides is 1. The van der Waals surface area contributed by atoms with Crippen LogP contribution in [0.15, 0.2) is 40.9 Å². The number of carbonyl (C=O) groups excluding carboxylic acids is 1. The van der Waals surface area contributed by atoms with E-state index in [0.29, 0.717) is 5.69 Å². The number of rotatable bonds is 3. The molecule has 21 heavy (non-hydrogen) atoms. The van der Waals surface area contributed by atoms with Gasteiger partial charge in [0.25, 0.3) is 11.6 Å². The van der Waals surface area contributed by atoms with Gasteiger partial charge in [0.15, 0.2) is 0 Å². The molecule has 0 radical (unpaired) electrons. The zero-order valence-corrected chi connectivity index (χ0v) is 13.2. The highest BCUT2D eigenvalue weighted by atomic mass is 79.9. The Morgan fingerprint density at radius 2 is 2.05 bits per heavy atom. The molecule has 0 spiro atoms. The summed E-state index contributed by atoms with van der Waals surface area (Å²) >= 11 is 9.28. The zero-order valence-electron chi connectivity index (χ0n) is 10.9. The molecular formula is C14H10BrClN2O3. The SMILES string of the molecule is Cc1ccc(NC(=O)c2cccc([N+](=O)[O-])c2Cl)cc1Br. The number of halogens is 2. The number of hydrogen-bond acceptors (Lipinski definition) is 3. The number of hydrogen-bond donors (Lipinski definition) is 1. The van der Waals surface area contributed by atoms with Crippen molar-refractivity contribution in [2.45, 2.75) is 6.92 Å². The minimum absolute atomic E-state index is 0.0579. The second-order valence-electron chi connectivity index (χ2n) is 4.31. The summed E-state index contributed by atoms with van der Waals surface area (Å²) in [7, 11) is 0. The Kier molecular flexibility index (Phi) is 4.59. The summed E-state index contributed by atoms with van der Waals surface area (Å²) < 4.78 is 0.852. The van der Waals surface area contributed by atoms with Crippen molar-refractivity contribution < 1.29 is 9.72 Å². The van der Waals surface area contributed by atoms with Crippen molar-refractivity contribution in [3.63, 3.8) is 0 Å². The number of benzene rings is 2. The molecule has 0 aliphatic heterocycles. The van der Waals surface area contributed by atoms with Crippen molar-refractivity contribution in [1.82, 2.24) is 0 Å². The van der Waals surface area contributed by atoms with Crippen LogP contribution in [0.5, 0.6) is 0 Å². The van der Waals surface area contributed by atoms with Gasteiger partial charge in [-0.3, -0.25) is 14.9 Å². The van der Waals surface area contributed by atoms with Gasteiger partial charge in [0.2, 0.25) is 0 Å². The molecule has 0 heterocycles. The molecular weight excluding hydrogens is 360 g/mol.